The summed E-state index contributed by atoms with van der Waals surface area (Å²) >= 11 is 0. The van der Waals surface area contributed by atoms with E-state index in [1.165, 1.54) is 56.9 Å². The van der Waals surface area contributed by atoms with Gasteiger partial charge in [0.1, 0.15) is 5.75 Å². The molecule has 0 radical (unpaired) electrons. The predicted octanol–water partition coefficient (Wildman–Crippen LogP) is 7.15. The third kappa shape index (κ3) is 8.95. The molecular formula is C26H37N3O. The van der Waals surface area contributed by atoms with Crippen LogP contribution in [0, 0.1) is 17.2 Å². The van der Waals surface area contributed by atoms with Crippen LogP contribution in [0.3, 0.4) is 0 Å². The Morgan fingerprint density at radius 3 is 2.13 bits per heavy atom. The fraction of sp³-hybridized carbons (Fsp3) is 0.577. The third-order valence-corrected chi connectivity index (χ3v) is 5.55. The van der Waals surface area contributed by atoms with Gasteiger partial charge >= 0.3 is 0 Å². The smallest absolute Gasteiger partial charge is 0.159 e. The maximum absolute atomic E-state index is 8.99. The van der Waals surface area contributed by atoms with Crippen LogP contribution in [0.25, 0.3) is 11.4 Å². The van der Waals surface area contributed by atoms with Crippen molar-refractivity contribution in [2.24, 2.45) is 5.92 Å². The number of nitriles is 1. The zero-order valence-corrected chi connectivity index (χ0v) is 18.8. The molecule has 1 heterocycles. The average molecular weight is 408 g/mol. The molecule has 0 N–H and O–H groups in total. The molecular weight excluding hydrogens is 370 g/mol. The highest BCUT2D eigenvalue weighted by molar-refractivity contribution is 5.55. The van der Waals surface area contributed by atoms with Crippen molar-refractivity contribution in [3.05, 3.63) is 42.2 Å². The zero-order valence-electron chi connectivity index (χ0n) is 18.8. The van der Waals surface area contributed by atoms with Crippen LogP contribution in [0.5, 0.6) is 5.75 Å². The van der Waals surface area contributed by atoms with Gasteiger partial charge in [0.25, 0.3) is 0 Å². The van der Waals surface area contributed by atoms with Gasteiger partial charge in [-0.3, -0.25) is 0 Å². The molecule has 0 bridgehead atoms. The lowest BCUT2D eigenvalue weighted by Gasteiger charge is -2.09. The van der Waals surface area contributed by atoms with Crippen LogP contribution in [-0.2, 0) is 6.42 Å². The van der Waals surface area contributed by atoms with Crippen molar-refractivity contribution in [2.45, 2.75) is 84.5 Å². The van der Waals surface area contributed by atoms with E-state index in [-0.39, 0.29) is 5.92 Å². The fourth-order valence-corrected chi connectivity index (χ4v) is 3.48. The number of benzene rings is 1. The highest BCUT2D eigenvalue weighted by atomic mass is 16.5. The molecule has 0 fully saturated rings. The molecule has 0 amide bonds. The minimum Gasteiger partial charge on any atom is -0.494 e. The van der Waals surface area contributed by atoms with Gasteiger partial charge < -0.3 is 4.74 Å². The third-order valence-electron chi connectivity index (χ3n) is 5.55. The highest BCUT2D eigenvalue weighted by Gasteiger charge is 2.06. The fourth-order valence-electron chi connectivity index (χ4n) is 3.48. The van der Waals surface area contributed by atoms with E-state index in [4.69, 9.17) is 10.00 Å². The number of ether oxygens (including phenoxy) is 1. The van der Waals surface area contributed by atoms with E-state index >= 15 is 0 Å². The Balaban J connectivity index is 1.70. The minimum atomic E-state index is 0.0713. The van der Waals surface area contributed by atoms with Crippen LogP contribution in [0.4, 0.5) is 0 Å². The van der Waals surface area contributed by atoms with Crippen LogP contribution < -0.4 is 4.74 Å². The quantitative estimate of drug-likeness (QED) is 0.294. The van der Waals surface area contributed by atoms with Crippen molar-refractivity contribution < 1.29 is 4.74 Å². The Morgan fingerprint density at radius 1 is 0.900 bits per heavy atom. The maximum Gasteiger partial charge on any atom is 0.159 e. The molecule has 1 aromatic heterocycles. The van der Waals surface area contributed by atoms with E-state index in [2.05, 4.69) is 23.0 Å². The molecule has 1 atom stereocenters. The van der Waals surface area contributed by atoms with Crippen LogP contribution in [0.1, 0.15) is 83.6 Å². The van der Waals surface area contributed by atoms with Gasteiger partial charge in [0.2, 0.25) is 0 Å². The van der Waals surface area contributed by atoms with Crippen molar-refractivity contribution in [1.82, 2.24) is 9.97 Å². The number of hydrogen-bond acceptors (Lipinski definition) is 4. The Hall–Kier alpha value is -2.41. The summed E-state index contributed by atoms with van der Waals surface area (Å²) < 4.78 is 5.75. The lowest BCUT2D eigenvalue weighted by atomic mass is 10.1. The number of aromatic nitrogens is 2. The molecule has 30 heavy (non-hydrogen) atoms. The van der Waals surface area contributed by atoms with Crippen LogP contribution in [0.2, 0.25) is 0 Å². The van der Waals surface area contributed by atoms with Gasteiger partial charge in [0.15, 0.2) is 5.82 Å². The summed E-state index contributed by atoms with van der Waals surface area (Å²) in [5.74, 6) is 1.64. The first-order valence-corrected chi connectivity index (χ1v) is 11.7. The second-order valence-corrected chi connectivity index (χ2v) is 8.04. The monoisotopic (exact) mass is 407 g/mol. The van der Waals surface area contributed by atoms with E-state index in [1.807, 2.05) is 43.6 Å². The van der Waals surface area contributed by atoms with Gasteiger partial charge in [0.05, 0.1) is 12.7 Å². The number of unbranched alkanes of at least 4 members (excludes halogenated alkanes) is 7. The van der Waals surface area contributed by atoms with Gasteiger partial charge in [-0.15, -0.1) is 0 Å². The molecule has 0 aliphatic heterocycles. The van der Waals surface area contributed by atoms with E-state index in [0.29, 0.717) is 6.61 Å². The Bertz CT molecular complexity index is 734. The van der Waals surface area contributed by atoms with Gasteiger partial charge in [0, 0.05) is 23.9 Å². The molecule has 0 spiro atoms. The summed E-state index contributed by atoms with van der Waals surface area (Å²) in [5, 5.41) is 8.99. The van der Waals surface area contributed by atoms with Crippen molar-refractivity contribution in [1.29, 1.82) is 5.26 Å². The Kier molecular flexibility index (Phi) is 11.6. The molecule has 1 aromatic carbocycles. The van der Waals surface area contributed by atoms with Gasteiger partial charge in [-0.1, -0.05) is 58.8 Å². The van der Waals surface area contributed by atoms with E-state index < -0.39 is 0 Å². The second-order valence-electron chi connectivity index (χ2n) is 8.04. The summed E-state index contributed by atoms with van der Waals surface area (Å²) in [6.45, 7) is 4.86. The summed E-state index contributed by atoms with van der Waals surface area (Å²) in [4.78, 5) is 9.09. The summed E-state index contributed by atoms with van der Waals surface area (Å²) in [5.41, 5.74) is 2.21. The first-order chi connectivity index (χ1) is 14.8. The lowest BCUT2D eigenvalue weighted by Crippen LogP contribution is -2.04. The maximum atomic E-state index is 8.99. The topological polar surface area (TPSA) is 58.8 Å². The molecule has 4 nitrogen and oxygen atoms in total. The zero-order chi connectivity index (χ0) is 21.4. The normalized spacial score (nSPS) is 11.8. The van der Waals surface area contributed by atoms with Crippen LogP contribution in [-0.4, -0.2) is 16.6 Å². The number of rotatable bonds is 15. The van der Waals surface area contributed by atoms with Gasteiger partial charge in [-0.05, 0) is 55.5 Å². The van der Waals surface area contributed by atoms with Crippen molar-refractivity contribution >= 4 is 0 Å². The number of hydrogen-bond donors (Lipinski definition) is 0. The molecule has 0 aliphatic rings. The molecule has 2 aromatic rings. The molecule has 1 unspecified atom stereocenters. The Morgan fingerprint density at radius 2 is 1.53 bits per heavy atom. The SMILES string of the molecule is CCCCCCCCCCc1cnc(-c2ccc(OCCC(C#N)CC)cc2)nc1. The standard InChI is InChI=1S/C26H37N3O/c1-3-5-6-7-8-9-10-11-12-23-20-28-26(29-21-23)24-13-15-25(16-14-24)30-18-17-22(4-2)19-27/h13-16,20-22H,3-12,17-18H2,1-2H3. The molecule has 0 saturated heterocycles. The molecule has 0 saturated carbocycles. The van der Waals surface area contributed by atoms with E-state index in [1.54, 1.807) is 0 Å². The molecule has 162 valence electrons. The highest BCUT2D eigenvalue weighted by Crippen LogP contribution is 2.20. The van der Waals surface area contributed by atoms with E-state index in [0.717, 1.165) is 36.4 Å². The van der Waals surface area contributed by atoms with Crippen LogP contribution in [0.15, 0.2) is 36.7 Å². The molecule has 0 aliphatic carbocycles. The second kappa shape index (κ2) is 14.6. The molecule has 2 rings (SSSR count). The van der Waals surface area contributed by atoms with Gasteiger partial charge in [-0.2, -0.15) is 5.26 Å². The van der Waals surface area contributed by atoms with Crippen molar-refractivity contribution in [3.8, 4) is 23.2 Å². The summed E-state index contributed by atoms with van der Waals surface area (Å²) in [6.07, 6.45) is 17.3. The first kappa shape index (κ1) is 23.9. The Labute approximate surface area is 182 Å². The molecule has 4 heteroatoms. The summed E-state index contributed by atoms with van der Waals surface area (Å²) in [6, 6.07) is 10.2. The largest absolute Gasteiger partial charge is 0.494 e. The van der Waals surface area contributed by atoms with Gasteiger partial charge in [-0.25, -0.2) is 9.97 Å². The van der Waals surface area contributed by atoms with E-state index in [9.17, 15) is 0 Å². The average Bonchev–Trinajstić information content (AvgIpc) is 2.79. The van der Waals surface area contributed by atoms with Crippen molar-refractivity contribution in [2.75, 3.05) is 6.61 Å². The number of nitrogens with zero attached hydrogens (tertiary/aromatic N) is 3. The minimum absolute atomic E-state index is 0.0713. The predicted molar refractivity (Wildman–Crippen MR) is 123 cm³/mol. The first-order valence-electron chi connectivity index (χ1n) is 11.7. The van der Waals surface area contributed by atoms with Crippen molar-refractivity contribution in [3.63, 3.8) is 0 Å². The lowest BCUT2D eigenvalue weighted by molar-refractivity contribution is 0.291. The number of aryl methyl sites for hydroxylation is 1. The van der Waals surface area contributed by atoms with Crippen LogP contribution >= 0.6 is 0 Å². The summed E-state index contributed by atoms with van der Waals surface area (Å²) in [7, 11) is 0.